The van der Waals surface area contributed by atoms with Gasteiger partial charge in [-0.05, 0) is 57.1 Å². The van der Waals surface area contributed by atoms with Gasteiger partial charge in [-0.3, -0.25) is 4.98 Å². The van der Waals surface area contributed by atoms with Crippen LogP contribution in [0, 0.1) is 0 Å². The molecule has 1 saturated heterocycles. The molecule has 0 aliphatic carbocycles. The van der Waals surface area contributed by atoms with Gasteiger partial charge in [0, 0.05) is 35.4 Å². The smallest absolute Gasteiger partial charge is 0.318 e. The average molecular weight is 390 g/mol. The highest BCUT2D eigenvalue weighted by atomic mass is 16.5. The molecule has 1 fully saturated rings. The fraction of sp³-hybridized carbons (Fsp3) is 0.409. The molecular formula is C22H26N6O. The number of pyridine rings is 1. The van der Waals surface area contributed by atoms with Gasteiger partial charge in [0.25, 0.3) is 0 Å². The van der Waals surface area contributed by atoms with Gasteiger partial charge in [-0.25, -0.2) is 0 Å². The highest BCUT2D eigenvalue weighted by Gasteiger charge is 2.25. The van der Waals surface area contributed by atoms with Crippen LogP contribution < -0.4 is 15.4 Å². The van der Waals surface area contributed by atoms with Crippen molar-refractivity contribution in [2.75, 3.05) is 37.4 Å². The summed E-state index contributed by atoms with van der Waals surface area (Å²) in [6, 6.07) is 11.2. The van der Waals surface area contributed by atoms with Crippen LogP contribution in [0.1, 0.15) is 24.1 Å². The second kappa shape index (κ2) is 7.48. The Bertz CT molecular complexity index is 1030. The van der Waals surface area contributed by atoms with Gasteiger partial charge in [-0.15, -0.1) is 0 Å². The topological polar surface area (TPSA) is 80.4 Å². The second-order valence-corrected chi connectivity index (χ2v) is 7.92. The van der Waals surface area contributed by atoms with E-state index in [1.165, 1.54) is 12.1 Å². The van der Waals surface area contributed by atoms with Crippen molar-refractivity contribution in [2.45, 2.75) is 31.8 Å². The molecule has 4 heterocycles. The highest BCUT2D eigenvalue weighted by molar-refractivity contribution is 5.91. The first-order valence-electron chi connectivity index (χ1n) is 10.3. The van der Waals surface area contributed by atoms with Crippen LogP contribution in [0.3, 0.4) is 0 Å². The molecule has 2 aliphatic rings. The van der Waals surface area contributed by atoms with Crippen molar-refractivity contribution in [3.63, 3.8) is 0 Å². The molecule has 0 radical (unpaired) electrons. The van der Waals surface area contributed by atoms with Crippen LogP contribution in [0.4, 0.5) is 11.5 Å². The summed E-state index contributed by atoms with van der Waals surface area (Å²) in [5, 5.41) is 1.15. The minimum Gasteiger partial charge on any atom is -0.462 e. The molecule has 0 unspecified atom stereocenters. The van der Waals surface area contributed by atoms with E-state index in [9.17, 15) is 0 Å². The molecule has 0 spiro atoms. The number of nitrogen functional groups attached to an aromatic ring is 1. The van der Waals surface area contributed by atoms with Crippen molar-refractivity contribution >= 4 is 22.4 Å². The number of nitrogens with zero attached hydrogens (tertiary/aromatic N) is 5. The standard InChI is InChI=1S/C22H26N6O/c1-27-11-4-5-15(27)14-29-22-25-19-13-28(12-9-17(19)21(23)26-22)20-8-2-7-18-16(20)6-3-10-24-18/h2-3,6-8,10,15H,4-5,9,11-14H2,1H3,(H2,23,25,26)/t15-/m0/s1. The van der Waals surface area contributed by atoms with E-state index in [1.54, 1.807) is 0 Å². The number of likely N-dealkylation sites (tertiary alicyclic amines) is 1. The highest BCUT2D eigenvalue weighted by Crippen LogP contribution is 2.31. The number of aromatic nitrogens is 3. The first kappa shape index (κ1) is 18.1. The van der Waals surface area contributed by atoms with Crippen molar-refractivity contribution in [3.05, 3.63) is 47.8 Å². The maximum Gasteiger partial charge on any atom is 0.318 e. The molecule has 2 N–H and O–H groups in total. The molecule has 7 heteroatoms. The number of anilines is 2. The molecule has 2 aliphatic heterocycles. The fourth-order valence-electron chi connectivity index (χ4n) is 4.43. The molecule has 0 amide bonds. The third-order valence-electron chi connectivity index (χ3n) is 6.12. The third kappa shape index (κ3) is 3.46. The average Bonchev–Trinajstić information content (AvgIpc) is 3.16. The van der Waals surface area contributed by atoms with Crippen molar-refractivity contribution in [1.29, 1.82) is 0 Å². The van der Waals surface area contributed by atoms with Gasteiger partial charge in [-0.2, -0.15) is 9.97 Å². The second-order valence-electron chi connectivity index (χ2n) is 7.92. The van der Waals surface area contributed by atoms with E-state index >= 15 is 0 Å². The van der Waals surface area contributed by atoms with Gasteiger partial charge < -0.3 is 20.3 Å². The van der Waals surface area contributed by atoms with E-state index in [4.69, 9.17) is 15.5 Å². The van der Waals surface area contributed by atoms with E-state index < -0.39 is 0 Å². The number of nitrogens with two attached hydrogens (primary N) is 1. The number of fused-ring (bicyclic) bond motifs is 2. The first-order valence-corrected chi connectivity index (χ1v) is 10.3. The van der Waals surface area contributed by atoms with E-state index in [0.717, 1.165) is 48.1 Å². The Morgan fingerprint density at radius 1 is 1.17 bits per heavy atom. The molecule has 5 rings (SSSR count). The number of hydrogen-bond donors (Lipinski definition) is 1. The van der Waals surface area contributed by atoms with Crippen LogP contribution in [0.25, 0.3) is 10.9 Å². The molecule has 0 saturated carbocycles. The largest absolute Gasteiger partial charge is 0.462 e. The summed E-state index contributed by atoms with van der Waals surface area (Å²) in [6.07, 6.45) is 5.02. The number of hydrogen-bond acceptors (Lipinski definition) is 7. The molecule has 1 aromatic carbocycles. The van der Waals surface area contributed by atoms with Crippen LogP contribution in [-0.2, 0) is 13.0 Å². The quantitative estimate of drug-likeness (QED) is 0.733. The third-order valence-corrected chi connectivity index (χ3v) is 6.12. The van der Waals surface area contributed by atoms with Crippen molar-refractivity contribution < 1.29 is 4.74 Å². The Kier molecular flexibility index (Phi) is 4.67. The van der Waals surface area contributed by atoms with Crippen LogP contribution in [0.2, 0.25) is 0 Å². The Hall–Kier alpha value is -2.93. The summed E-state index contributed by atoms with van der Waals surface area (Å²) in [7, 11) is 2.14. The minimum absolute atomic E-state index is 0.392. The van der Waals surface area contributed by atoms with Gasteiger partial charge in [0.05, 0.1) is 17.8 Å². The summed E-state index contributed by atoms with van der Waals surface area (Å²) in [4.78, 5) is 18.3. The van der Waals surface area contributed by atoms with Crippen LogP contribution in [0.5, 0.6) is 6.01 Å². The van der Waals surface area contributed by atoms with E-state index in [1.807, 2.05) is 18.3 Å². The summed E-state index contributed by atoms with van der Waals surface area (Å²) in [5.74, 6) is 0.545. The fourth-order valence-corrected chi connectivity index (χ4v) is 4.43. The molecule has 29 heavy (non-hydrogen) atoms. The SMILES string of the molecule is CN1CCC[C@H]1COc1nc(N)c2c(n1)CN(c1cccc3ncccc13)CC2. The number of ether oxygens (including phenoxy) is 1. The van der Waals surface area contributed by atoms with E-state index in [2.05, 4.69) is 45.0 Å². The first-order chi connectivity index (χ1) is 14.2. The summed E-state index contributed by atoms with van der Waals surface area (Å²) < 4.78 is 5.95. The molecule has 0 bridgehead atoms. The van der Waals surface area contributed by atoms with Gasteiger partial charge in [0.2, 0.25) is 0 Å². The van der Waals surface area contributed by atoms with Gasteiger partial charge in [0.1, 0.15) is 12.4 Å². The molecule has 1 atom stereocenters. The Labute approximate surface area is 170 Å². The normalized spacial score (nSPS) is 19.5. The molecular weight excluding hydrogens is 364 g/mol. The minimum atomic E-state index is 0.392. The Morgan fingerprint density at radius 3 is 2.97 bits per heavy atom. The Balaban J connectivity index is 1.39. The van der Waals surface area contributed by atoms with Crippen LogP contribution in [0.15, 0.2) is 36.5 Å². The monoisotopic (exact) mass is 390 g/mol. The Morgan fingerprint density at radius 2 is 2.10 bits per heavy atom. The summed E-state index contributed by atoms with van der Waals surface area (Å²) in [6.45, 7) is 3.29. The summed E-state index contributed by atoms with van der Waals surface area (Å²) in [5.41, 5.74) is 10.4. The lowest BCUT2D eigenvalue weighted by Gasteiger charge is -2.31. The van der Waals surface area contributed by atoms with E-state index in [-0.39, 0.29) is 0 Å². The van der Waals surface area contributed by atoms with Gasteiger partial charge >= 0.3 is 6.01 Å². The molecule has 150 valence electrons. The number of benzene rings is 1. The lowest BCUT2D eigenvalue weighted by Crippen LogP contribution is -2.33. The van der Waals surface area contributed by atoms with Gasteiger partial charge in [0.15, 0.2) is 0 Å². The maximum atomic E-state index is 6.26. The van der Waals surface area contributed by atoms with E-state index in [0.29, 0.717) is 31.0 Å². The zero-order chi connectivity index (χ0) is 19.8. The molecule has 7 nitrogen and oxygen atoms in total. The number of likely N-dealkylation sites (N-methyl/N-ethyl adjacent to an activating group) is 1. The zero-order valence-electron chi connectivity index (χ0n) is 16.7. The van der Waals surface area contributed by atoms with Crippen molar-refractivity contribution in [3.8, 4) is 6.01 Å². The predicted molar refractivity (Wildman–Crippen MR) is 114 cm³/mol. The van der Waals surface area contributed by atoms with Crippen LogP contribution in [-0.4, -0.2) is 52.6 Å². The molecule has 3 aromatic rings. The van der Waals surface area contributed by atoms with Gasteiger partial charge in [-0.1, -0.05) is 6.07 Å². The predicted octanol–water partition coefficient (Wildman–Crippen LogP) is 2.64. The number of rotatable bonds is 4. The lowest BCUT2D eigenvalue weighted by molar-refractivity contribution is 0.187. The lowest BCUT2D eigenvalue weighted by atomic mass is 10.0. The molecule has 2 aromatic heterocycles. The maximum absolute atomic E-state index is 6.26. The van der Waals surface area contributed by atoms with Crippen molar-refractivity contribution in [2.24, 2.45) is 0 Å². The summed E-state index contributed by atoms with van der Waals surface area (Å²) >= 11 is 0. The van der Waals surface area contributed by atoms with Crippen LogP contribution >= 0.6 is 0 Å². The van der Waals surface area contributed by atoms with Crippen molar-refractivity contribution in [1.82, 2.24) is 19.9 Å². The zero-order valence-corrected chi connectivity index (χ0v) is 16.7.